The summed E-state index contributed by atoms with van der Waals surface area (Å²) in [4.78, 5) is 57.0. The number of aromatic nitrogens is 8. The van der Waals surface area contributed by atoms with Gasteiger partial charge in [-0.25, -0.2) is 24.5 Å². The maximum Gasteiger partial charge on any atom is 0.472 e. The molecule has 4 aliphatic rings. The number of rotatable bonds is 2. The van der Waals surface area contributed by atoms with Crippen LogP contribution in [0.25, 0.3) is 22.3 Å². The second kappa shape index (κ2) is 10.3. The van der Waals surface area contributed by atoms with Crippen molar-refractivity contribution in [1.82, 2.24) is 39.0 Å². The number of phosphoric acid groups is 1. The number of hydrogen-bond acceptors (Lipinski definition) is 17. The molecule has 2 aliphatic carbocycles. The van der Waals surface area contributed by atoms with E-state index in [1.807, 2.05) is 0 Å². The number of fused-ring (bicyclic) bond motifs is 3. The number of nitrogen functional groups attached to an aromatic ring is 2. The molecule has 0 bridgehead atoms. The minimum Gasteiger partial charge on any atom is -0.388 e. The van der Waals surface area contributed by atoms with E-state index in [9.17, 15) is 29.4 Å². The van der Waals surface area contributed by atoms with Crippen LogP contribution in [0.2, 0.25) is 0 Å². The molecule has 24 heteroatoms. The predicted molar refractivity (Wildman–Crippen MR) is 156 cm³/mol. The highest BCUT2D eigenvalue weighted by Crippen LogP contribution is 2.72. The standard InChI is InChI=1S/C22H26N10O11P2S/c23-16-9-17(26-4-25-16)31(5-27-9)11-7-1-22(7)3-40-44(36,37)42-14-8(2-39-45(38,46)43-15(22)12(11)33)41-20(13(14)34)32-6-28-10-18(32)29-21(24)30-19(10)35/h4-8,11-15,20,33-34H,1-3H2,(H,36,37)(H,38,46)(H2,23,25,26)(H3,24,29,30,35)/t7-,8-,11-,12+,13-,14-,15+,20-,22?,45?/m1/s1. The van der Waals surface area contributed by atoms with Crippen molar-refractivity contribution < 1.29 is 47.4 Å². The Balaban J connectivity index is 1.11. The maximum absolute atomic E-state index is 13.3. The molecular weight excluding hydrogens is 674 g/mol. The van der Waals surface area contributed by atoms with Crippen LogP contribution in [-0.4, -0.2) is 103 Å². The normalized spacial score (nSPS) is 41.0. The third-order valence-electron chi connectivity index (χ3n) is 8.96. The van der Waals surface area contributed by atoms with E-state index < -0.39 is 87.4 Å². The summed E-state index contributed by atoms with van der Waals surface area (Å²) in [6.07, 6.45) is -4.27. The molecule has 6 heterocycles. The fourth-order valence-corrected chi connectivity index (χ4v) is 9.34. The van der Waals surface area contributed by atoms with E-state index in [2.05, 4.69) is 29.9 Å². The molecule has 4 fully saturated rings. The average molecular weight is 701 g/mol. The van der Waals surface area contributed by atoms with Gasteiger partial charge in [-0.3, -0.25) is 23.4 Å². The van der Waals surface area contributed by atoms with Gasteiger partial charge in [0.25, 0.3) is 5.56 Å². The van der Waals surface area contributed by atoms with Crippen molar-refractivity contribution in [3.63, 3.8) is 0 Å². The first kappa shape index (κ1) is 30.4. The van der Waals surface area contributed by atoms with Crippen LogP contribution < -0.4 is 17.0 Å². The first-order chi connectivity index (χ1) is 21.8. The minimum absolute atomic E-state index is 0.0439. The molecule has 4 aromatic rings. The zero-order valence-corrected chi connectivity index (χ0v) is 25.8. The SMILES string of the molecule is Nc1nc2c(ncn2[C@@H]2O[C@@H]3COP(O)(=S)O[C@H]4[C@@H](O)[C@H](n5cnc6c(N)ncnc65)[C@H]5CC54COP(=O)(O)O[C@H]3[C@H]2O)c(=O)[nH]1. The molecule has 2 aliphatic heterocycles. The molecule has 246 valence electrons. The summed E-state index contributed by atoms with van der Waals surface area (Å²) in [5, 5.41) is 22.8. The van der Waals surface area contributed by atoms with Crippen molar-refractivity contribution >= 4 is 60.4 Å². The van der Waals surface area contributed by atoms with Gasteiger partial charge in [0.2, 0.25) is 5.95 Å². The number of aliphatic hydroxyl groups excluding tert-OH is 2. The van der Waals surface area contributed by atoms with E-state index in [-0.39, 0.29) is 22.9 Å². The Morgan fingerprint density at radius 3 is 2.59 bits per heavy atom. The maximum atomic E-state index is 13.3. The van der Waals surface area contributed by atoms with E-state index in [0.29, 0.717) is 17.6 Å². The predicted octanol–water partition coefficient (Wildman–Crippen LogP) is -1.56. The minimum atomic E-state index is -4.94. The highest BCUT2D eigenvalue weighted by molar-refractivity contribution is 8.07. The smallest absolute Gasteiger partial charge is 0.388 e. The van der Waals surface area contributed by atoms with Crippen molar-refractivity contribution in [3.8, 4) is 0 Å². The molecule has 0 amide bonds. The van der Waals surface area contributed by atoms with Crippen molar-refractivity contribution in [2.75, 3.05) is 24.7 Å². The van der Waals surface area contributed by atoms with Gasteiger partial charge < -0.3 is 49.8 Å². The van der Waals surface area contributed by atoms with Gasteiger partial charge in [-0.15, -0.1) is 0 Å². The summed E-state index contributed by atoms with van der Waals surface area (Å²) in [5.74, 6) is -0.498. The van der Waals surface area contributed by atoms with E-state index in [0.717, 1.165) is 0 Å². The van der Waals surface area contributed by atoms with Crippen LogP contribution in [0.1, 0.15) is 18.7 Å². The van der Waals surface area contributed by atoms with Crippen molar-refractivity contribution in [3.05, 3.63) is 29.3 Å². The van der Waals surface area contributed by atoms with E-state index in [1.165, 1.54) is 23.5 Å². The molecule has 21 nitrogen and oxygen atoms in total. The number of imidazole rings is 2. The summed E-state index contributed by atoms with van der Waals surface area (Å²) in [5.41, 5.74) is 10.4. The second-order valence-electron chi connectivity index (χ2n) is 11.5. The largest absolute Gasteiger partial charge is 0.472 e. The van der Waals surface area contributed by atoms with Gasteiger partial charge in [0.05, 0.1) is 31.9 Å². The zero-order chi connectivity index (χ0) is 32.3. The molecule has 46 heavy (non-hydrogen) atoms. The van der Waals surface area contributed by atoms with Crippen molar-refractivity contribution in [1.29, 1.82) is 0 Å². The van der Waals surface area contributed by atoms with Crippen LogP contribution in [0, 0.1) is 11.3 Å². The van der Waals surface area contributed by atoms with Gasteiger partial charge in [-0.1, -0.05) is 0 Å². The summed E-state index contributed by atoms with van der Waals surface area (Å²) in [7, 11) is -4.94. The molecule has 9 N–H and O–H groups in total. The van der Waals surface area contributed by atoms with Crippen LogP contribution in [0.4, 0.5) is 11.8 Å². The molecule has 1 spiro atoms. The lowest BCUT2D eigenvalue weighted by molar-refractivity contribution is -0.0607. The zero-order valence-electron chi connectivity index (χ0n) is 23.2. The van der Waals surface area contributed by atoms with E-state index >= 15 is 0 Å². The molecule has 2 saturated heterocycles. The molecule has 0 radical (unpaired) electrons. The average Bonchev–Trinajstić information content (AvgIpc) is 3.25. The van der Waals surface area contributed by atoms with Gasteiger partial charge in [0.1, 0.15) is 42.4 Å². The number of aliphatic hydroxyl groups is 2. The van der Waals surface area contributed by atoms with Crippen molar-refractivity contribution in [2.45, 2.75) is 49.2 Å². The molecule has 4 aromatic heterocycles. The topological polar surface area (TPSA) is 303 Å². The molecule has 3 unspecified atom stereocenters. The van der Waals surface area contributed by atoms with Gasteiger partial charge in [-0.2, -0.15) is 4.98 Å². The third kappa shape index (κ3) is 4.64. The fraction of sp³-hybridized carbons (Fsp3) is 0.545. The molecule has 2 saturated carbocycles. The molecule has 0 aromatic carbocycles. The Morgan fingerprint density at radius 1 is 1.02 bits per heavy atom. The number of hydrogen-bond donors (Lipinski definition) is 7. The van der Waals surface area contributed by atoms with E-state index in [4.69, 9.17) is 46.1 Å². The molecule has 8 rings (SSSR count). The number of nitrogens with one attached hydrogen (secondary N) is 1. The summed E-state index contributed by atoms with van der Waals surface area (Å²) in [6, 6.07) is -0.725. The lowest BCUT2D eigenvalue weighted by Crippen LogP contribution is -2.39. The van der Waals surface area contributed by atoms with Gasteiger partial charge in [0.15, 0.2) is 28.9 Å². The Labute approximate surface area is 261 Å². The molecule has 11 atom stereocenters. The highest BCUT2D eigenvalue weighted by Gasteiger charge is 2.74. The van der Waals surface area contributed by atoms with Gasteiger partial charge in [0, 0.05) is 5.41 Å². The number of nitrogens with zero attached hydrogens (tertiary/aromatic N) is 7. The summed E-state index contributed by atoms with van der Waals surface area (Å²) >= 11 is 5.31. The quantitative estimate of drug-likeness (QED) is 0.116. The second-order valence-corrected chi connectivity index (χ2v) is 15.7. The summed E-state index contributed by atoms with van der Waals surface area (Å²) < 4.78 is 44.5. The number of aromatic amines is 1. The Bertz CT molecular complexity index is 2040. The number of ether oxygens (including phenoxy) is 1. The monoisotopic (exact) mass is 700 g/mol. The summed E-state index contributed by atoms with van der Waals surface area (Å²) in [6.45, 7) is -5.19. The first-order valence-electron chi connectivity index (χ1n) is 13.8. The van der Waals surface area contributed by atoms with Crippen LogP contribution in [0.5, 0.6) is 0 Å². The third-order valence-corrected chi connectivity index (χ3v) is 11.5. The highest BCUT2D eigenvalue weighted by atomic mass is 32.5. The van der Waals surface area contributed by atoms with Gasteiger partial charge in [-0.05, 0) is 24.1 Å². The number of phosphoric ester groups is 1. The number of nitrogens with two attached hydrogens (primary N) is 2. The van der Waals surface area contributed by atoms with Crippen molar-refractivity contribution in [2.24, 2.45) is 11.3 Å². The van der Waals surface area contributed by atoms with Crippen LogP contribution >= 0.6 is 14.5 Å². The lowest BCUT2D eigenvalue weighted by atomic mass is 10.0. The van der Waals surface area contributed by atoms with Gasteiger partial charge >= 0.3 is 14.5 Å². The lowest BCUT2D eigenvalue weighted by Gasteiger charge is -2.33. The fourth-order valence-electron chi connectivity index (χ4n) is 6.83. The van der Waals surface area contributed by atoms with Crippen LogP contribution in [0.3, 0.4) is 0 Å². The molecular formula is C22H26N10O11P2S. The Kier molecular flexibility index (Phi) is 6.77. The Morgan fingerprint density at radius 2 is 1.78 bits per heavy atom. The number of H-pyrrole nitrogens is 1. The number of anilines is 2. The van der Waals surface area contributed by atoms with Crippen LogP contribution in [-0.2, 0) is 39.2 Å². The first-order valence-corrected chi connectivity index (χ1v) is 17.9. The Hall–Kier alpha value is -2.98. The van der Waals surface area contributed by atoms with Crippen LogP contribution in [0.15, 0.2) is 23.8 Å². The van der Waals surface area contributed by atoms with E-state index in [1.54, 1.807) is 4.57 Å².